The van der Waals surface area contributed by atoms with Crippen LogP contribution in [0.3, 0.4) is 0 Å². The van der Waals surface area contributed by atoms with Crippen LogP contribution in [0.2, 0.25) is 0 Å². The zero-order chi connectivity index (χ0) is 11.6. The molecule has 88 valence electrons. The first-order valence-electron chi connectivity index (χ1n) is 5.79. The highest BCUT2D eigenvalue weighted by molar-refractivity contribution is 7.10. The van der Waals surface area contributed by atoms with Crippen molar-refractivity contribution in [3.05, 3.63) is 22.4 Å². The Morgan fingerprint density at radius 3 is 2.94 bits per heavy atom. The molecule has 1 aliphatic carbocycles. The Kier molecular flexibility index (Phi) is 3.30. The highest BCUT2D eigenvalue weighted by atomic mass is 32.1. The summed E-state index contributed by atoms with van der Waals surface area (Å²) >= 11 is 1.69. The number of nitrogens with one attached hydrogen (secondary N) is 1. The van der Waals surface area contributed by atoms with Crippen LogP contribution < -0.4 is 11.1 Å². The molecule has 3 nitrogen and oxygen atoms in total. The van der Waals surface area contributed by atoms with Gasteiger partial charge in [-0.25, -0.2) is 0 Å². The van der Waals surface area contributed by atoms with Crippen LogP contribution in [-0.4, -0.2) is 11.4 Å². The molecule has 1 heterocycles. The van der Waals surface area contributed by atoms with Crippen molar-refractivity contribution in [2.75, 3.05) is 0 Å². The van der Waals surface area contributed by atoms with Gasteiger partial charge in [0.2, 0.25) is 5.91 Å². The van der Waals surface area contributed by atoms with E-state index in [1.165, 1.54) is 4.88 Å². The van der Waals surface area contributed by atoms with Gasteiger partial charge in [-0.15, -0.1) is 11.3 Å². The van der Waals surface area contributed by atoms with Crippen molar-refractivity contribution in [3.8, 4) is 0 Å². The molecule has 1 unspecified atom stereocenters. The third-order valence-corrected chi connectivity index (χ3v) is 4.00. The van der Waals surface area contributed by atoms with Crippen LogP contribution in [0.25, 0.3) is 0 Å². The second-order valence-corrected chi connectivity index (χ2v) is 5.47. The van der Waals surface area contributed by atoms with Crippen molar-refractivity contribution >= 4 is 17.2 Å². The molecule has 0 aromatic carbocycles. The fourth-order valence-electron chi connectivity index (χ4n) is 1.73. The predicted molar refractivity (Wildman–Crippen MR) is 66.3 cm³/mol. The van der Waals surface area contributed by atoms with Gasteiger partial charge >= 0.3 is 0 Å². The first-order chi connectivity index (χ1) is 7.65. The maximum absolute atomic E-state index is 11.9. The lowest BCUT2D eigenvalue weighted by Gasteiger charge is -2.19. The Morgan fingerprint density at radius 1 is 1.69 bits per heavy atom. The second kappa shape index (κ2) is 4.55. The Bertz CT molecular complexity index is 357. The molecule has 0 radical (unpaired) electrons. The van der Waals surface area contributed by atoms with Gasteiger partial charge in [0, 0.05) is 4.88 Å². The summed E-state index contributed by atoms with van der Waals surface area (Å²) in [6.07, 6.45) is 3.67. The molecule has 1 aromatic heterocycles. The van der Waals surface area contributed by atoms with Gasteiger partial charge in [-0.2, -0.15) is 0 Å². The van der Waals surface area contributed by atoms with E-state index >= 15 is 0 Å². The van der Waals surface area contributed by atoms with Gasteiger partial charge < -0.3 is 11.1 Å². The van der Waals surface area contributed by atoms with E-state index in [0.717, 1.165) is 25.7 Å². The van der Waals surface area contributed by atoms with Gasteiger partial charge in [-0.05, 0) is 30.7 Å². The van der Waals surface area contributed by atoms with Crippen molar-refractivity contribution < 1.29 is 4.79 Å². The Morgan fingerprint density at radius 2 is 2.44 bits per heavy atom. The Labute approximate surface area is 100 Å². The van der Waals surface area contributed by atoms with Crippen molar-refractivity contribution in [1.82, 2.24) is 5.32 Å². The lowest BCUT2D eigenvalue weighted by atomic mass is 10.1. The standard InChI is InChI=1S/C12H18N2OS/c1-2-4-9(10-5-3-8-16-10)14-11(15)12(13)6-7-12/h3,5,8-9H,2,4,6-7,13H2,1H3,(H,14,15). The van der Waals surface area contributed by atoms with Crippen LogP contribution in [0.1, 0.15) is 43.5 Å². The molecule has 3 N–H and O–H groups in total. The molecule has 0 spiro atoms. The van der Waals surface area contributed by atoms with Gasteiger partial charge in [-0.1, -0.05) is 19.4 Å². The quantitative estimate of drug-likeness (QED) is 0.826. The van der Waals surface area contributed by atoms with E-state index in [0.29, 0.717) is 0 Å². The topological polar surface area (TPSA) is 55.1 Å². The van der Waals surface area contributed by atoms with Crippen LogP contribution in [0.4, 0.5) is 0 Å². The van der Waals surface area contributed by atoms with Crippen LogP contribution in [0, 0.1) is 0 Å². The van der Waals surface area contributed by atoms with Crippen LogP contribution in [0.15, 0.2) is 17.5 Å². The van der Waals surface area contributed by atoms with E-state index in [-0.39, 0.29) is 11.9 Å². The molecule has 1 atom stereocenters. The first kappa shape index (κ1) is 11.6. The number of amides is 1. The summed E-state index contributed by atoms with van der Waals surface area (Å²) in [4.78, 5) is 13.1. The third-order valence-electron chi connectivity index (χ3n) is 3.01. The average Bonchev–Trinajstić information content (AvgIpc) is 2.83. The monoisotopic (exact) mass is 238 g/mol. The predicted octanol–water partition coefficient (Wildman–Crippen LogP) is 2.20. The normalized spacial score (nSPS) is 19.1. The SMILES string of the molecule is CCCC(NC(=O)C1(N)CC1)c1cccs1. The maximum Gasteiger partial charge on any atom is 0.240 e. The van der Waals surface area contributed by atoms with Gasteiger partial charge in [0.25, 0.3) is 0 Å². The molecule has 0 saturated heterocycles. The number of hydrogen-bond donors (Lipinski definition) is 2. The third kappa shape index (κ3) is 2.44. The highest BCUT2D eigenvalue weighted by Crippen LogP contribution is 2.33. The molecule has 16 heavy (non-hydrogen) atoms. The highest BCUT2D eigenvalue weighted by Gasteiger charge is 2.46. The van der Waals surface area contributed by atoms with Gasteiger partial charge in [0.15, 0.2) is 0 Å². The van der Waals surface area contributed by atoms with Crippen molar-refractivity contribution in [3.63, 3.8) is 0 Å². The zero-order valence-corrected chi connectivity index (χ0v) is 10.3. The Balaban J connectivity index is 2.00. The fraction of sp³-hybridized carbons (Fsp3) is 0.583. The van der Waals surface area contributed by atoms with E-state index < -0.39 is 5.54 Å². The minimum absolute atomic E-state index is 0.0133. The van der Waals surface area contributed by atoms with Gasteiger partial charge in [-0.3, -0.25) is 4.79 Å². The van der Waals surface area contributed by atoms with E-state index in [4.69, 9.17) is 5.73 Å². The zero-order valence-electron chi connectivity index (χ0n) is 9.53. The van der Waals surface area contributed by atoms with Gasteiger partial charge in [0.1, 0.15) is 0 Å². The summed E-state index contributed by atoms with van der Waals surface area (Å²) in [5.74, 6) is 0.0133. The van der Waals surface area contributed by atoms with Crippen LogP contribution >= 0.6 is 11.3 Å². The van der Waals surface area contributed by atoms with Crippen molar-refractivity contribution in [2.24, 2.45) is 5.73 Å². The minimum atomic E-state index is -0.566. The van der Waals surface area contributed by atoms with Crippen molar-refractivity contribution in [1.29, 1.82) is 0 Å². The largest absolute Gasteiger partial charge is 0.347 e. The number of hydrogen-bond acceptors (Lipinski definition) is 3. The molecule has 1 amide bonds. The molecule has 0 aliphatic heterocycles. The van der Waals surface area contributed by atoms with E-state index in [9.17, 15) is 4.79 Å². The summed E-state index contributed by atoms with van der Waals surface area (Å²) in [5, 5.41) is 5.11. The lowest BCUT2D eigenvalue weighted by Crippen LogP contribution is -2.44. The number of rotatable bonds is 5. The van der Waals surface area contributed by atoms with E-state index in [1.807, 2.05) is 11.4 Å². The molecule has 1 fully saturated rings. The number of carbonyl (C=O) groups is 1. The number of thiophene rings is 1. The molecular weight excluding hydrogens is 220 g/mol. The first-order valence-corrected chi connectivity index (χ1v) is 6.67. The summed E-state index contributed by atoms with van der Waals surface area (Å²) < 4.78 is 0. The lowest BCUT2D eigenvalue weighted by molar-refractivity contribution is -0.124. The Hall–Kier alpha value is -0.870. The molecule has 1 saturated carbocycles. The molecular formula is C12H18N2OS. The van der Waals surface area contributed by atoms with Crippen LogP contribution in [0.5, 0.6) is 0 Å². The summed E-state index contributed by atoms with van der Waals surface area (Å²) in [6, 6.07) is 4.23. The number of carbonyl (C=O) groups excluding carboxylic acids is 1. The van der Waals surface area contributed by atoms with Crippen molar-refractivity contribution in [2.45, 2.75) is 44.2 Å². The molecule has 1 aliphatic rings. The van der Waals surface area contributed by atoms with Gasteiger partial charge in [0.05, 0.1) is 11.6 Å². The van der Waals surface area contributed by atoms with E-state index in [2.05, 4.69) is 18.3 Å². The smallest absolute Gasteiger partial charge is 0.240 e. The van der Waals surface area contributed by atoms with Crippen LogP contribution in [-0.2, 0) is 4.79 Å². The van der Waals surface area contributed by atoms with E-state index in [1.54, 1.807) is 11.3 Å². The maximum atomic E-state index is 11.9. The summed E-state index contributed by atoms with van der Waals surface area (Å²) in [6.45, 7) is 2.13. The molecule has 2 rings (SSSR count). The molecule has 4 heteroatoms. The summed E-state index contributed by atoms with van der Waals surface area (Å²) in [7, 11) is 0. The fourth-order valence-corrected chi connectivity index (χ4v) is 2.54. The molecule has 0 bridgehead atoms. The number of nitrogens with two attached hydrogens (primary N) is 1. The summed E-state index contributed by atoms with van der Waals surface area (Å²) in [5.41, 5.74) is 5.31. The second-order valence-electron chi connectivity index (χ2n) is 4.49. The molecule has 1 aromatic rings. The minimum Gasteiger partial charge on any atom is -0.347 e. The average molecular weight is 238 g/mol.